The van der Waals surface area contributed by atoms with Gasteiger partial charge in [-0.05, 0) is 25.0 Å². The second-order valence-corrected chi connectivity index (χ2v) is 6.70. The fraction of sp³-hybridized carbons (Fsp3) is 0.400. The summed E-state index contributed by atoms with van der Waals surface area (Å²) in [4.78, 5) is 38.1. The Balaban J connectivity index is 1.69. The Kier molecular flexibility index (Phi) is 5.26. The Morgan fingerprint density at radius 1 is 1.26 bits per heavy atom. The molecule has 0 radical (unpaired) electrons. The van der Waals surface area contributed by atoms with Crippen LogP contribution in [0.3, 0.4) is 0 Å². The monoisotopic (exact) mass is 368 g/mol. The predicted molar refractivity (Wildman–Crippen MR) is 97.0 cm³/mol. The number of ether oxygens (including phenoxy) is 1. The van der Waals surface area contributed by atoms with Crippen molar-refractivity contribution in [2.75, 3.05) is 13.7 Å². The molecule has 2 aromatic rings. The van der Waals surface area contributed by atoms with Gasteiger partial charge in [0.1, 0.15) is 11.1 Å². The summed E-state index contributed by atoms with van der Waals surface area (Å²) in [6.07, 6.45) is 4.03. The topological polar surface area (TPSA) is 101 Å². The first-order chi connectivity index (χ1) is 13.0. The maximum atomic E-state index is 12.4. The van der Waals surface area contributed by atoms with Crippen LogP contribution in [0.4, 0.5) is 0 Å². The molecular formula is C20H20N2O5. The molecule has 0 saturated heterocycles. The number of esters is 1. The zero-order valence-electron chi connectivity index (χ0n) is 15.1. The number of hydrogen-bond acceptors (Lipinski definition) is 6. The van der Waals surface area contributed by atoms with Gasteiger partial charge >= 0.3 is 5.97 Å². The summed E-state index contributed by atoms with van der Waals surface area (Å²) in [5, 5.41) is 9.91. The number of likely N-dealkylation sites (N-methyl/N-ethyl adjacent to an activating group) is 1. The van der Waals surface area contributed by atoms with Gasteiger partial charge in [-0.25, -0.2) is 4.79 Å². The molecule has 0 unspecified atom stereocenters. The lowest BCUT2D eigenvalue weighted by atomic mass is 9.81. The number of nitriles is 1. The zero-order chi connectivity index (χ0) is 19.4. The van der Waals surface area contributed by atoms with E-state index in [4.69, 9.17) is 9.15 Å². The van der Waals surface area contributed by atoms with Gasteiger partial charge in [0.25, 0.3) is 5.91 Å². The molecule has 0 N–H and O–H groups in total. The van der Waals surface area contributed by atoms with Gasteiger partial charge in [0, 0.05) is 13.1 Å². The summed E-state index contributed by atoms with van der Waals surface area (Å²) in [6.45, 7) is -0.519. The van der Waals surface area contributed by atoms with Crippen LogP contribution in [0.5, 0.6) is 0 Å². The van der Waals surface area contributed by atoms with E-state index in [2.05, 4.69) is 6.07 Å². The molecule has 1 amide bonds. The van der Waals surface area contributed by atoms with E-state index in [-0.39, 0.29) is 16.8 Å². The Morgan fingerprint density at radius 2 is 1.96 bits per heavy atom. The number of carbonyl (C=O) groups is 2. The first-order valence-electron chi connectivity index (χ1n) is 8.85. The van der Waals surface area contributed by atoms with Gasteiger partial charge in [0.05, 0.1) is 11.5 Å². The highest BCUT2D eigenvalue weighted by atomic mass is 16.5. The molecule has 3 rings (SSSR count). The zero-order valence-corrected chi connectivity index (χ0v) is 15.1. The van der Waals surface area contributed by atoms with Crippen molar-refractivity contribution >= 4 is 22.8 Å². The fourth-order valence-electron chi connectivity index (χ4n) is 3.40. The number of carbonyl (C=O) groups excluding carboxylic acids is 2. The number of hydrogen-bond donors (Lipinski definition) is 0. The van der Waals surface area contributed by atoms with E-state index < -0.39 is 24.0 Å². The summed E-state index contributed by atoms with van der Waals surface area (Å²) in [7, 11) is 1.56. The quantitative estimate of drug-likeness (QED) is 0.769. The van der Waals surface area contributed by atoms with Crippen molar-refractivity contribution in [1.29, 1.82) is 5.26 Å². The van der Waals surface area contributed by atoms with Gasteiger partial charge in [0.15, 0.2) is 12.0 Å². The average molecular weight is 368 g/mol. The van der Waals surface area contributed by atoms with Crippen molar-refractivity contribution in [2.45, 2.75) is 37.6 Å². The molecule has 0 atom stereocenters. The molecular weight excluding hydrogens is 348 g/mol. The lowest BCUT2D eigenvalue weighted by Gasteiger charge is -2.38. The van der Waals surface area contributed by atoms with Crippen LogP contribution in [-0.2, 0) is 9.53 Å². The number of amides is 1. The van der Waals surface area contributed by atoms with Crippen molar-refractivity contribution in [3.05, 3.63) is 46.3 Å². The number of rotatable bonds is 4. The highest BCUT2D eigenvalue weighted by molar-refractivity contribution is 5.90. The molecule has 7 heteroatoms. The molecule has 1 aliphatic rings. The number of nitrogens with zero attached hydrogens (tertiary/aromatic N) is 2. The highest BCUT2D eigenvalue weighted by Gasteiger charge is 2.39. The van der Waals surface area contributed by atoms with Crippen LogP contribution in [0, 0.1) is 11.3 Å². The molecule has 1 fully saturated rings. The standard InChI is InChI=1S/C20H20N2O5/c1-22(20(13-21)9-5-2-6-10-20)18(24)12-26-19(25)17-11-15(23)14-7-3-4-8-16(14)27-17/h3-4,7-8,11H,2,5-6,9-10,12H2,1H3. The molecule has 0 aliphatic heterocycles. The summed E-state index contributed by atoms with van der Waals surface area (Å²) in [5.74, 6) is -1.62. The van der Waals surface area contributed by atoms with Crippen molar-refractivity contribution in [3.63, 3.8) is 0 Å². The molecule has 1 aliphatic carbocycles. The smallest absolute Gasteiger partial charge is 0.374 e. The van der Waals surface area contributed by atoms with Gasteiger partial charge in [-0.1, -0.05) is 31.4 Å². The van der Waals surface area contributed by atoms with Crippen LogP contribution in [-0.4, -0.2) is 36.0 Å². The van der Waals surface area contributed by atoms with Crippen LogP contribution < -0.4 is 5.43 Å². The Hall–Kier alpha value is -3.14. The van der Waals surface area contributed by atoms with E-state index >= 15 is 0 Å². The first kappa shape index (κ1) is 18.6. The van der Waals surface area contributed by atoms with E-state index in [0.717, 1.165) is 25.3 Å². The Morgan fingerprint density at radius 3 is 2.67 bits per heavy atom. The van der Waals surface area contributed by atoms with Crippen LogP contribution in [0.15, 0.2) is 39.5 Å². The highest BCUT2D eigenvalue weighted by Crippen LogP contribution is 2.32. The van der Waals surface area contributed by atoms with Crippen LogP contribution in [0.2, 0.25) is 0 Å². The SMILES string of the molecule is CN(C(=O)COC(=O)c1cc(=O)c2ccccc2o1)C1(C#N)CCCCC1. The van der Waals surface area contributed by atoms with Gasteiger partial charge < -0.3 is 14.1 Å². The summed E-state index contributed by atoms with van der Waals surface area (Å²) >= 11 is 0. The molecule has 7 nitrogen and oxygen atoms in total. The Labute approximate surface area is 156 Å². The van der Waals surface area contributed by atoms with E-state index in [1.54, 1.807) is 31.3 Å². The third-order valence-corrected chi connectivity index (χ3v) is 5.07. The predicted octanol–water partition coefficient (Wildman–Crippen LogP) is 2.63. The third kappa shape index (κ3) is 3.70. The van der Waals surface area contributed by atoms with Crippen molar-refractivity contribution in [2.24, 2.45) is 0 Å². The largest absolute Gasteiger partial charge is 0.450 e. The van der Waals surface area contributed by atoms with Gasteiger partial charge in [-0.3, -0.25) is 9.59 Å². The fourth-order valence-corrected chi connectivity index (χ4v) is 3.40. The molecule has 1 aromatic heterocycles. The average Bonchev–Trinajstić information content (AvgIpc) is 2.71. The molecule has 140 valence electrons. The lowest BCUT2D eigenvalue weighted by molar-refractivity contribution is -0.138. The van der Waals surface area contributed by atoms with Crippen molar-refractivity contribution in [3.8, 4) is 6.07 Å². The number of benzene rings is 1. The molecule has 1 heterocycles. The first-order valence-corrected chi connectivity index (χ1v) is 8.85. The van der Waals surface area contributed by atoms with Gasteiger partial charge in [-0.2, -0.15) is 5.26 Å². The maximum absolute atomic E-state index is 12.4. The summed E-state index contributed by atoms with van der Waals surface area (Å²) in [5.41, 5.74) is -0.944. The second-order valence-electron chi connectivity index (χ2n) is 6.70. The molecule has 27 heavy (non-hydrogen) atoms. The third-order valence-electron chi connectivity index (χ3n) is 5.07. The van der Waals surface area contributed by atoms with Gasteiger partial charge in [-0.15, -0.1) is 0 Å². The lowest BCUT2D eigenvalue weighted by Crippen LogP contribution is -2.51. The van der Waals surface area contributed by atoms with Crippen LogP contribution in [0.25, 0.3) is 11.0 Å². The minimum atomic E-state index is -0.894. The van der Waals surface area contributed by atoms with Crippen molar-refractivity contribution in [1.82, 2.24) is 4.90 Å². The normalized spacial score (nSPS) is 15.7. The molecule has 1 aromatic carbocycles. The minimum absolute atomic E-state index is 0.262. The minimum Gasteiger partial charge on any atom is -0.450 e. The van der Waals surface area contributed by atoms with E-state index in [9.17, 15) is 19.6 Å². The molecule has 0 bridgehead atoms. The van der Waals surface area contributed by atoms with E-state index in [1.165, 1.54) is 4.90 Å². The second kappa shape index (κ2) is 7.62. The van der Waals surface area contributed by atoms with Crippen molar-refractivity contribution < 1.29 is 18.7 Å². The summed E-state index contributed by atoms with van der Waals surface area (Å²) in [6, 6.07) is 9.86. The van der Waals surface area contributed by atoms with Gasteiger partial charge in [0.2, 0.25) is 5.76 Å². The molecule has 1 saturated carbocycles. The Bertz CT molecular complexity index is 966. The van der Waals surface area contributed by atoms with E-state index in [0.29, 0.717) is 18.2 Å². The van der Waals surface area contributed by atoms with Crippen LogP contribution >= 0.6 is 0 Å². The maximum Gasteiger partial charge on any atom is 0.374 e. The van der Waals surface area contributed by atoms with E-state index in [1.807, 2.05) is 0 Å². The molecule has 0 spiro atoms. The summed E-state index contributed by atoms with van der Waals surface area (Å²) < 4.78 is 10.4. The van der Waals surface area contributed by atoms with Crippen LogP contribution in [0.1, 0.15) is 42.7 Å². The number of fused-ring (bicyclic) bond motifs is 1. The number of para-hydroxylation sites is 1.